The number of hydrogen-bond acceptors (Lipinski definition) is 4. The lowest BCUT2D eigenvalue weighted by atomic mass is 9.99. The summed E-state index contributed by atoms with van der Waals surface area (Å²) in [6.07, 6.45) is 2.25. The number of nitrogens with zero attached hydrogens (tertiary/aromatic N) is 3. The molecule has 0 bridgehead atoms. The van der Waals surface area contributed by atoms with Gasteiger partial charge in [-0.15, -0.1) is 0 Å². The van der Waals surface area contributed by atoms with E-state index in [9.17, 15) is 5.26 Å². The van der Waals surface area contributed by atoms with Gasteiger partial charge >= 0.3 is 0 Å². The molecule has 20 heavy (non-hydrogen) atoms. The molecule has 1 atom stereocenters. The molecular formula is C16H23N3O. The van der Waals surface area contributed by atoms with E-state index in [-0.39, 0.29) is 6.04 Å². The number of methoxy groups -OCH3 is 1. The van der Waals surface area contributed by atoms with Crippen LogP contribution in [0.3, 0.4) is 0 Å². The summed E-state index contributed by atoms with van der Waals surface area (Å²) < 4.78 is 5.17. The van der Waals surface area contributed by atoms with E-state index in [1.165, 1.54) is 0 Å². The van der Waals surface area contributed by atoms with Crippen LogP contribution in [0.1, 0.15) is 24.4 Å². The van der Waals surface area contributed by atoms with E-state index in [2.05, 4.69) is 30.0 Å². The Morgan fingerprint density at radius 1 is 1.30 bits per heavy atom. The summed E-state index contributed by atoms with van der Waals surface area (Å²) in [6.45, 7) is 2.21. The molecule has 1 fully saturated rings. The first kappa shape index (κ1) is 14.8. The van der Waals surface area contributed by atoms with Crippen LogP contribution < -0.4 is 4.74 Å². The van der Waals surface area contributed by atoms with Crippen LogP contribution in [-0.2, 0) is 0 Å². The molecule has 1 heterocycles. The first-order valence-corrected chi connectivity index (χ1v) is 7.09. The lowest BCUT2D eigenvalue weighted by molar-refractivity contribution is 0.126. The Balaban J connectivity index is 2.08. The zero-order valence-electron chi connectivity index (χ0n) is 12.5. The highest BCUT2D eigenvalue weighted by molar-refractivity contribution is 5.31. The number of benzene rings is 1. The minimum absolute atomic E-state index is 0.186. The predicted octanol–water partition coefficient (Wildman–Crippen LogP) is 2.29. The van der Waals surface area contributed by atoms with Crippen molar-refractivity contribution in [1.82, 2.24) is 9.80 Å². The van der Waals surface area contributed by atoms with Gasteiger partial charge in [-0.2, -0.15) is 5.26 Å². The second-order valence-electron chi connectivity index (χ2n) is 5.50. The number of nitriles is 1. The second-order valence-corrected chi connectivity index (χ2v) is 5.50. The molecule has 0 spiro atoms. The number of piperidine rings is 1. The fourth-order valence-corrected chi connectivity index (χ4v) is 2.80. The molecule has 0 radical (unpaired) electrons. The summed E-state index contributed by atoms with van der Waals surface area (Å²) in [5, 5.41) is 9.53. The van der Waals surface area contributed by atoms with Gasteiger partial charge in [0.15, 0.2) is 0 Å². The maximum Gasteiger partial charge on any atom is 0.123 e. The van der Waals surface area contributed by atoms with Crippen LogP contribution in [0.15, 0.2) is 24.3 Å². The molecule has 0 aliphatic carbocycles. The largest absolute Gasteiger partial charge is 0.497 e. The molecule has 0 N–H and O–H groups in total. The first-order chi connectivity index (χ1) is 9.65. The third kappa shape index (κ3) is 3.30. The fraction of sp³-hybridized carbons (Fsp3) is 0.562. The van der Waals surface area contributed by atoms with E-state index in [1.54, 1.807) is 7.11 Å². The van der Waals surface area contributed by atoms with Crippen LogP contribution in [0.4, 0.5) is 0 Å². The minimum Gasteiger partial charge on any atom is -0.497 e. The summed E-state index contributed by atoms with van der Waals surface area (Å²) in [7, 11) is 5.87. The molecule has 0 aromatic heterocycles. The van der Waals surface area contributed by atoms with Crippen LogP contribution in [0.5, 0.6) is 5.75 Å². The molecule has 1 saturated heterocycles. The lowest BCUT2D eigenvalue weighted by Gasteiger charge is -2.37. The normalized spacial score (nSPS) is 18.8. The summed E-state index contributed by atoms with van der Waals surface area (Å²) in [4.78, 5) is 4.56. The topological polar surface area (TPSA) is 39.5 Å². The lowest BCUT2D eigenvalue weighted by Crippen LogP contribution is -2.43. The highest BCUT2D eigenvalue weighted by Gasteiger charge is 2.26. The molecule has 4 heteroatoms. The fourth-order valence-electron chi connectivity index (χ4n) is 2.80. The van der Waals surface area contributed by atoms with E-state index in [0.717, 1.165) is 37.2 Å². The van der Waals surface area contributed by atoms with Gasteiger partial charge in [-0.05, 0) is 57.7 Å². The van der Waals surface area contributed by atoms with Crippen molar-refractivity contribution in [3.05, 3.63) is 29.8 Å². The van der Waals surface area contributed by atoms with E-state index in [0.29, 0.717) is 6.04 Å². The zero-order valence-corrected chi connectivity index (χ0v) is 12.5. The number of rotatable bonds is 4. The van der Waals surface area contributed by atoms with Crippen molar-refractivity contribution in [2.24, 2.45) is 0 Å². The highest BCUT2D eigenvalue weighted by Crippen LogP contribution is 2.26. The number of ether oxygens (including phenoxy) is 1. The van der Waals surface area contributed by atoms with Gasteiger partial charge in [0.1, 0.15) is 11.8 Å². The maximum atomic E-state index is 9.53. The van der Waals surface area contributed by atoms with Crippen molar-refractivity contribution < 1.29 is 4.74 Å². The van der Waals surface area contributed by atoms with E-state index in [1.807, 2.05) is 24.3 Å². The Hall–Kier alpha value is -1.57. The highest BCUT2D eigenvalue weighted by atomic mass is 16.5. The van der Waals surface area contributed by atoms with Gasteiger partial charge in [0.25, 0.3) is 0 Å². The molecule has 1 aromatic carbocycles. The van der Waals surface area contributed by atoms with Crippen LogP contribution in [-0.4, -0.2) is 50.1 Å². The van der Waals surface area contributed by atoms with Gasteiger partial charge in [-0.1, -0.05) is 12.1 Å². The zero-order chi connectivity index (χ0) is 14.5. The maximum absolute atomic E-state index is 9.53. The van der Waals surface area contributed by atoms with Gasteiger partial charge < -0.3 is 9.64 Å². The molecule has 0 saturated carbocycles. The van der Waals surface area contributed by atoms with Crippen LogP contribution in [0.2, 0.25) is 0 Å². The number of hydrogen-bond donors (Lipinski definition) is 0. The summed E-state index contributed by atoms with van der Waals surface area (Å²) in [6, 6.07) is 10.5. The van der Waals surface area contributed by atoms with E-state index in [4.69, 9.17) is 4.74 Å². The van der Waals surface area contributed by atoms with Crippen LogP contribution in [0.25, 0.3) is 0 Å². The van der Waals surface area contributed by atoms with Crippen molar-refractivity contribution in [2.75, 3.05) is 34.3 Å². The van der Waals surface area contributed by atoms with Crippen molar-refractivity contribution in [3.8, 4) is 11.8 Å². The summed E-state index contributed by atoms with van der Waals surface area (Å²) in [5.41, 5.74) is 1.04. The molecule has 1 unspecified atom stereocenters. The van der Waals surface area contributed by atoms with Crippen molar-refractivity contribution in [2.45, 2.75) is 24.9 Å². The summed E-state index contributed by atoms with van der Waals surface area (Å²) in [5.74, 6) is 0.826. The quantitative estimate of drug-likeness (QED) is 0.844. The third-order valence-corrected chi connectivity index (χ3v) is 4.23. The van der Waals surface area contributed by atoms with Gasteiger partial charge in [0.05, 0.1) is 13.2 Å². The Labute approximate surface area is 121 Å². The Kier molecular flexibility index (Phi) is 4.99. The third-order valence-electron chi connectivity index (χ3n) is 4.23. The SMILES string of the molecule is COc1ccc(C(C#N)N(C)C2CCN(C)CC2)cc1. The van der Waals surface area contributed by atoms with E-state index >= 15 is 0 Å². The monoisotopic (exact) mass is 273 g/mol. The van der Waals surface area contributed by atoms with Gasteiger partial charge in [0, 0.05) is 6.04 Å². The Morgan fingerprint density at radius 2 is 1.90 bits per heavy atom. The van der Waals surface area contributed by atoms with Gasteiger partial charge in [-0.25, -0.2) is 0 Å². The first-order valence-electron chi connectivity index (χ1n) is 7.09. The molecular weight excluding hydrogens is 250 g/mol. The summed E-state index contributed by atoms with van der Waals surface area (Å²) >= 11 is 0. The molecule has 1 aliphatic heterocycles. The molecule has 0 amide bonds. The standard InChI is InChI=1S/C16H23N3O/c1-18-10-8-14(9-11-18)19(2)16(12-17)13-4-6-15(20-3)7-5-13/h4-7,14,16H,8-11H2,1-3H3. The van der Waals surface area contributed by atoms with Gasteiger partial charge in [0.2, 0.25) is 0 Å². The van der Waals surface area contributed by atoms with E-state index < -0.39 is 0 Å². The van der Waals surface area contributed by atoms with Crippen molar-refractivity contribution >= 4 is 0 Å². The average molecular weight is 273 g/mol. The minimum atomic E-state index is -0.186. The van der Waals surface area contributed by atoms with Gasteiger partial charge in [-0.3, -0.25) is 4.90 Å². The molecule has 1 aliphatic rings. The van der Waals surface area contributed by atoms with Crippen LogP contribution >= 0.6 is 0 Å². The predicted molar refractivity (Wildman–Crippen MR) is 79.6 cm³/mol. The second kappa shape index (κ2) is 6.74. The van der Waals surface area contributed by atoms with Crippen LogP contribution in [0, 0.1) is 11.3 Å². The van der Waals surface area contributed by atoms with Crippen molar-refractivity contribution in [3.63, 3.8) is 0 Å². The molecule has 4 nitrogen and oxygen atoms in total. The molecule has 108 valence electrons. The number of likely N-dealkylation sites (tertiary alicyclic amines) is 1. The average Bonchev–Trinajstić information content (AvgIpc) is 2.49. The Morgan fingerprint density at radius 3 is 2.40 bits per heavy atom. The molecule has 2 rings (SSSR count). The molecule has 1 aromatic rings. The van der Waals surface area contributed by atoms with Crippen molar-refractivity contribution in [1.29, 1.82) is 5.26 Å². The smallest absolute Gasteiger partial charge is 0.123 e. The Bertz CT molecular complexity index is 458.